The van der Waals surface area contributed by atoms with Gasteiger partial charge in [-0.3, -0.25) is 9.69 Å². The van der Waals surface area contributed by atoms with Crippen LogP contribution in [0.25, 0.3) is 10.9 Å². The zero-order valence-electron chi connectivity index (χ0n) is 15.5. The molecule has 0 spiro atoms. The number of para-hydroxylation sites is 1. The van der Waals surface area contributed by atoms with E-state index in [4.69, 9.17) is 4.74 Å². The van der Waals surface area contributed by atoms with Crippen molar-refractivity contribution in [3.8, 4) is 0 Å². The molecule has 2 aromatic rings. The van der Waals surface area contributed by atoms with Gasteiger partial charge in [0.2, 0.25) is 5.91 Å². The highest BCUT2D eigenvalue weighted by Crippen LogP contribution is 2.19. The maximum Gasteiger partial charge on any atom is 0.222 e. The van der Waals surface area contributed by atoms with Gasteiger partial charge in [0, 0.05) is 49.3 Å². The molecule has 0 atom stereocenters. The normalized spacial score (nSPS) is 16.3. The number of rotatable bonds is 6. The predicted molar refractivity (Wildman–Crippen MR) is 101 cm³/mol. The Hall–Kier alpha value is -1.85. The summed E-state index contributed by atoms with van der Waals surface area (Å²) >= 11 is 0. The number of carbonyl (C=O) groups is 1. The van der Waals surface area contributed by atoms with Gasteiger partial charge in [0.1, 0.15) is 0 Å². The number of nitrogens with one attached hydrogen (secondary N) is 1. The van der Waals surface area contributed by atoms with E-state index in [2.05, 4.69) is 53.8 Å². The van der Waals surface area contributed by atoms with Crippen LogP contribution in [0.4, 0.5) is 0 Å². The van der Waals surface area contributed by atoms with Crippen molar-refractivity contribution < 1.29 is 9.53 Å². The summed E-state index contributed by atoms with van der Waals surface area (Å²) < 4.78 is 7.62. The Labute approximate surface area is 149 Å². The lowest BCUT2D eigenvalue weighted by molar-refractivity contribution is -0.123. The topological polar surface area (TPSA) is 46.5 Å². The summed E-state index contributed by atoms with van der Waals surface area (Å²) in [4.78, 5) is 14.8. The minimum atomic E-state index is -0.234. The number of fused-ring (bicyclic) bond motifs is 1. The average molecular weight is 343 g/mol. The first-order valence-electron chi connectivity index (χ1n) is 9.11. The van der Waals surface area contributed by atoms with E-state index in [0.29, 0.717) is 13.0 Å². The van der Waals surface area contributed by atoms with Gasteiger partial charge >= 0.3 is 0 Å². The molecule has 5 nitrogen and oxygen atoms in total. The summed E-state index contributed by atoms with van der Waals surface area (Å²) in [5.74, 6) is 0.107. The van der Waals surface area contributed by atoms with Crippen LogP contribution in [-0.2, 0) is 16.1 Å². The smallest absolute Gasteiger partial charge is 0.222 e. The van der Waals surface area contributed by atoms with Crippen LogP contribution < -0.4 is 5.32 Å². The van der Waals surface area contributed by atoms with Gasteiger partial charge in [-0.1, -0.05) is 18.2 Å². The number of hydrogen-bond donors (Lipinski definition) is 1. The Morgan fingerprint density at radius 3 is 2.72 bits per heavy atom. The molecule has 2 heterocycles. The molecular formula is C20H29N3O2. The molecule has 1 aliphatic heterocycles. The third kappa shape index (κ3) is 4.61. The summed E-state index contributed by atoms with van der Waals surface area (Å²) in [7, 11) is 0. The number of carbonyl (C=O) groups excluding carboxylic acids is 1. The van der Waals surface area contributed by atoms with Gasteiger partial charge in [-0.25, -0.2) is 0 Å². The first-order valence-corrected chi connectivity index (χ1v) is 9.11. The Morgan fingerprint density at radius 2 is 1.96 bits per heavy atom. The van der Waals surface area contributed by atoms with E-state index < -0.39 is 0 Å². The van der Waals surface area contributed by atoms with Crippen molar-refractivity contribution in [3.05, 3.63) is 36.0 Å². The van der Waals surface area contributed by atoms with Crippen molar-refractivity contribution in [1.29, 1.82) is 0 Å². The SMILES string of the molecule is Cc1cc2ccccc2n1CCC(=O)NC(C)(C)CN1CCOCC1. The molecule has 0 saturated carbocycles. The number of benzene rings is 1. The van der Waals surface area contributed by atoms with Crippen LogP contribution in [0.3, 0.4) is 0 Å². The second-order valence-electron chi connectivity index (χ2n) is 7.57. The van der Waals surface area contributed by atoms with Gasteiger partial charge in [0.05, 0.1) is 13.2 Å². The van der Waals surface area contributed by atoms with Crippen LogP contribution >= 0.6 is 0 Å². The van der Waals surface area contributed by atoms with Crippen molar-refractivity contribution in [2.24, 2.45) is 0 Å². The summed E-state index contributed by atoms with van der Waals surface area (Å²) in [6.45, 7) is 11.3. The first-order chi connectivity index (χ1) is 11.9. The van der Waals surface area contributed by atoms with Crippen LogP contribution in [0, 0.1) is 6.92 Å². The lowest BCUT2D eigenvalue weighted by Gasteiger charge is -2.35. The molecule has 1 aromatic carbocycles. The van der Waals surface area contributed by atoms with Crippen molar-refractivity contribution >= 4 is 16.8 Å². The summed E-state index contributed by atoms with van der Waals surface area (Å²) in [5.41, 5.74) is 2.16. The Kier molecular flexibility index (Phi) is 5.45. The lowest BCUT2D eigenvalue weighted by Crippen LogP contribution is -2.53. The van der Waals surface area contributed by atoms with Crippen molar-refractivity contribution in [2.45, 2.75) is 39.3 Å². The molecule has 1 aliphatic rings. The number of hydrogen-bond acceptors (Lipinski definition) is 3. The van der Waals surface area contributed by atoms with E-state index in [1.165, 1.54) is 16.6 Å². The molecule has 3 rings (SSSR count). The minimum absolute atomic E-state index is 0.107. The number of aryl methyl sites for hydroxylation is 2. The Morgan fingerprint density at radius 1 is 1.24 bits per heavy atom. The van der Waals surface area contributed by atoms with Gasteiger partial charge in [-0.2, -0.15) is 0 Å². The predicted octanol–water partition coefficient (Wildman–Crippen LogP) is 2.57. The van der Waals surface area contributed by atoms with Crippen LogP contribution in [0.1, 0.15) is 26.0 Å². The van der Waals surface area contributed by atoms with Crippen LogP contribution in [0.5, 0.6) is 0 Å². The zero-order valence-corrected chi connectivity index (χ0v) is 15.5. The maximum atomic E-state index is 12.5. The Balaban J connectivity index is 1.55. The third-order valence-electron chi connectivity index (χ3n) is 4.78. The lowest BCUT2D eigenvalue weighted by atomic mass is 10.0. The van der Waals surface area contributed by atoms with E-state index >= 15 is 0 Å². The van der Waals surface area contributed by atoms with E-state index in [9.17, 15) is 4.79 Å². The quantitative estimate of drug-likeness (QED) is 0.877. The first kappa shape index (κ1) is 18.0. The van der Waals surface area contributed by atoms with Crippen molar-refractivity contribution in [2.75, 3.05) is 32.8 Å². The van der Waals surface area contributed by atoms with Gasteiger partial charge in [0.15, 0.2) is 0 Å². The van der Waals surface area contributed by atoms with Crippen LogP contribution in [-0.4, -0.2) is 53.8 Å². The summed E-state index contributed by atoms with van der Waals surface area (Å²) in [6, 6.07) is 10.5. The van der Waals surface area contributed by atoms with Crippen molar-refractivity contribution in [3.63, 3.8) is 0 Å². The molecule has 1 N–H and O–H groups in total. The molecule has 1 amide bonds. The van der Waals surface area contributed by atoms with Gasteiger partial charge in [-0.05, 0) is 38.3 Å². The van der Waals surface area contributed by atoms with E-state index in [1.54, 1.807) is 0 Å². The number of aromatic nitrogens is 1. The molecule has 0 bridgehead atoms. The highest BCUT2D eigenvalue weighted by molar-refractivity contribution is 5.82. The second-order valence-corrected chi connectivity index (χ2v) is 7.57. The summed E-state index contributed by atoms with van der Waals surface area (Å²) in [6.07, 6.45) is 0.492. The second kappa shape index (κ2) is 7.58. The average Bonchev–Trinajstić information content (AvgIpc) is 2.88. The van der Waals surface area contributed by atoms with Gasteiger partial charge < -0.3 is 14.6 Å². The van der Waals surface area contributed by atoms with Crippen LogP contribution in [0.15, 0.2) is 30.3 Å². The fourth-order valence-electron chi connectivity index (χ4n) is 3.66. The minimum Gasteiger partial charge on any atom is -0.379 e. The fraction of sp³-hybridized carbons (Fsp3) is 0.550. The molecule has 1 aromatic heterocycles. The number of morpholine rings is 1. The van der Waals surface area contributed by atoms with Crippen molar-refractivity contribution in [1.82, 2.24) is 14.8 Å². The molecule has 0 unspecified atom stereocenters. The summed E-state index contributed by atoms with van der Waals surface area (Å²) in [5, 5.41) is 4.43. The maximum absolute atomic E-state index is 12.5. The highest BCUT2D eigenvalue weighted by atomic mass is 16.5. The van der Waals surface area contributed by atoms with Crippen LogP contribution in [0.2, 0.25) is 0 Å². The standard InChI is InChI=1S/C20H29N3O2/c1-16-14-17-6-4-5-7-18(17)23(16)9-8-19(24)21-20(2,3)15-22-10-12-25-13-11-22/h4-7,14H,8-13,15H2,1-3H3,(H,21,24). The molecule has 136 valence electrons. The Bertz CT molecular complexity index is 730. The largest absolute Gasteiger partial charge is 0.379 e. The van der Waals surface area contributed by atoms with Gasteiger partial charge in [-0.15, -0.1) is 0 Å². The van der Waals surface area contributed by atoms with E-state index in [1.807, 2.05) is 12.1 Å². The third-order valence-corrected chi connectivity index (χ3v) is 4.78. The fourth-order valence-corrected chi connectivity index (χ4v) is 3.66. The molecule has 1 fully saturated rings. The molecular weight excluding hydrogens is 314 g/mol. The molecule has 25 heavy (non-hydrogen) atoms. The number of amides is 1. The number of nitrogens with zero attached hydrogens (tertiary/aromatic N) is 2. The molecule has 5 heteroatoms. The zero-order chi connectivity index (χ0) is 17.9. The molecule has 0 aliphatic carbocycles. The monoisotopic (exact) mass is 343 g/mol. The number of ether oxygens (including phenoxy) is 1. The van der Waals surface area contributed by atoms with E-state index in [-0.39, 0.29) is 11.4 Å². The highest BCUT2D eigenvalue weighted by Gasteiger charge is 2.24. The van der Waals surface area contributed by atoms with Gasteiger partial charge in [0.25, 0.3) is 0 Å². The molecule has 1 saturated heterocycles. The van der Waals surface area contributed by atoms with E-state index in [0.717, 1.165) is 32.8 Å². The molecule has 0 radical (unpaired) electrons.